The molecule has 2 heterocycles. The molecule has 1 aromatic heterocycles. The number of methoxy groups -OCH3 is 1. The first-order valence-electron chi connectivity index (χ1n) is 9.07. The van der Waals surface area contributed by atoms with Crippen molar-refractivity contribution >= 4 is 23.4 Å². The summed E-state index contributed by atoms with van der Waals surface area (Å²) in [5.74, 6) is 1.52. The van der Waals surface area contributed by atoms with E-state index in [0.29, 0.717) is 5.16 Å². The summed E-state index contributed by atoms with van der Waals surface area (Å²) in [6, 6.07) is 17.0. The Morgan fingerprint density at radius 3 is 2.61 bits per heavy atom. The Morgan fingerprint density at radius 2 is 1.93 bits per heavy atom. The number of nitrogens with zero attached hydrogens (tertiary/aromatic N) is 3. The molecule has 3 aromatic rings. The molecule has 28 heavy (non-hydrogen) atoms. The standard InChI is InChI=1S/C20H21N5O2S/c1-3-16-22-23-20-25(16)24-17(13-9-11-15(27-2)12-10-13)18(28-20)19(26)21-14-7-5-4-6-8-14/h4-12,17-18,24H,3H2,1-2H3,(H,21,26). The van der Waals surface area contributed by atoms with Crippen molar-refractivity contribution in [2.24, 2.45) is 0 Å². The number of anilines is 1. The predicted octanol–water partition coefficient (Wildman–Crippen LogP) is 3.25. The second-order valence-electron chi connectivity index (χ2n) is 6.36. The maximum Gasteiger partial charge on any atom is 0.240 e. The van der Waals surface area contributed by atoms with E-state index in [-0.39, 0.29) is 11.9 Å². The number of hydrogen-bond donors (Lipinski definition) is 2. The number of carbonyl (C=O) groups excluding carboxylic acids is 1. The number of thioether (sulfide) groups is 1. The maximum absolute atomic E-state index is 13.1. The van der Waals surface area contributed by atoms with Gasteiger partial charge in [0.2, 0.25) is 11.1 Å². The Balaban J connectivity index is 1.67. The van der Waals surface area contributed by atoms with Gasteiger partial charge in [0.05, 0.1) is 13.2 Å². The Kier molecular flexibility index (Phi) is 5.21. The molecule has 0 fully saturated rings. The fourth-order valence-electron chi connectivity index (χ4n) is 3.12. The van der Waals surface area contributed by atoms with Crippen molar-refractivity contribution < 1.29 is 9.53 Å². The molecule has 8 heteroatoms. The van der Waals surface area contributed by atoms with E-state index in [2.05, 4.69) is 20.9 Å². The molecule has 0 aliphatic carbocycles. The summed E-state index contributed by atoms with van der Waals surface area (Å²) in [4.78, 5) is 13.1. The van der Waals surface area contributed by atoms with Gasteiger partial charge in [-0.2, -0.15) is 0 Å². The van der Waals surface area contributed by atoms with E-state index in [0.717, 1.165) is 29.2 Å². The SMILES string of the molecule is CCc1nnc2n1NC(c1ccc(OC)cc1)C(C(=O)Nc1ccccc1)S2. The third-order valence-corrected chi connectivity index (χ3v) is 5.81. The van der Waals surface area contributed by atoms with Crippen LogP contribution in [0.15, 0.2) is 59.8 Å². The molecule has 2 aromatic carbocycles. The van der Waals surface area contributed by atoms with E-state index in [1.54, 1.807) is 7.11 Å². The van der Waals surface area contributed by atoms with E-state index < -0.39 is 5.25 Å². The highest BCUT2D eigenvalue weighted by molar-refractivity contribution is 8.00. The van der Waals surface area contributed by atoms with Crippen LogP contribution in [0.4, 0.5) is 5.69 Å². The number of carbonyl (C=O) groups is 1. The van der Waals surface area contributed by atoms with Gasteiger partial charge in [-0.05, 0) is 29.8 Å². The van der Waals surface area contributed by atoms with Crippen molar-refractivity contribution in [3.8, 4) is 5.75 Å². The Morgan fingerprint density at radius 1 is 1.18 bits per heavy atom. The maximum atomic E-state index is 13.1. The first-order valence-corrected chi connectivity index (χ1v) is 9.95. The molecule has 7 nitrogen and oxygen atoms in total. The summed E-state index contributed by atoms with van der Waals surface area (Å²) in [5, 5.41) is 11.7. The largest absolute Gasteiger partial charge is 0.497 e. The quantitative estimate of drug-likeness (QED) is 0.690. The molecule has 4 rings (SSSR count). The van der Waals surface area contributed by atoms with Gasteiger partial charge in [0.1, 0.15) is 11.0 Å². The lowest BCUT2D eigenvalue weighted by molar-refractivity contribution is -0.116. The van der Waals surface area contributed by atoms with Gasteiger partial charge < -0.3 is 15.5 Å². The smallest absolute Gasteiger partial charge is 0.240 e. The molecule has 0 radical (unpaired) electrons. The minimum atomic E-state index is -0.407. The number of para-hydroxylation sites is 1. The molecular formula is C20H21N5O2S. The van der Waals surface area contributed by atoms with E-state index in [9.17, 15) is 4.79 Å². The fraction of sp³-hybridized carbons (Fsp3) is 0.250. The summed E-state index contributed by atoms with van der Waals surface area (Å²) >= 11 is 1.42. The van der Waals surface area contributed by atoms with Gasteiger partial charge >= 0.3 is 0 Å². The molecule has 0 spiro atoms. The van der Waals surface area contributed by atoms with Crippen LogP contribution in [0.2, 0.25) is 0 Å². The molecule has 1 amide bonds. The Hall–Kier alpha value is -3.00. The first-order chi connectivity index (χ1) is 13.7. The van der Waals surface area contributed by atoms with Crippen molar-refractivity contribution in [1.29, 1.82) is 0 Å². The van der Waals surface area contributed by atoms with Crippen molar-refractivity contribution in [3.63, 3.8) is 0 Å². The van der Waals surface area contributed by atoms with Gasteiger partial charge in [-0.25, -0.2) is 4.68 Å². The number of nitrogens with one attached hydrogen (secondary N) is 2. The first kappa shape index (κ1) is 18.4. The lowest BCUT2D eigenvalue weighted by Gasteiger charge is -2.33. The molecule has 144 valence electrons. The van der Waals surface area contributed by atoms with Crippen molar-refractivity contribution in [1.82, 2.24) is 14.9 Å². The van der Waals surface area contributed by atoms with Crippen LogP contribution >= 0.6 is 11.8 Å². The summed E-state index contributed by atoms with van der Waals surface area (Å²) < 4.78 is 7.14. The molecule has 0 saturated carbocycles. The molecular weight excluding hydrogens is 374 g/mol. The van der Waals surface area contributed by atoms with Crippen molar-refractivity contribution in [2.45, 2.75) is 29.8 Å². The second kappa shape index (κ2) is 7.93. The van der Waals surface area contributed by atoms with Crippen LogP contribution in [0, 0.1) is 0 Å². The van der Waals surface area contributed by atoms with Crippen molar-refractivity contribution in [2.75, 3.05) is 17.9 Å². The summed E-state index contributed by atoms with van der Waals surface area (Å²) in [6.45, 7) is 2.03. The van der Waals surface area contributed by atoms with Gasteiger partial charge in [0.25, 0.3) is 0 Å². The molecule has 1 aliphatic heterocycles. The minimum absolute atomic E-state index is 0.0863. The predicted molar refractivity (Wildman–Crippen MR) is 109 cm³/mol. The number of fused-ring (bicyclic) bond motifs is 1. The molecule has 2 atom stereocenters. The monoisotopic (exact) mass is 395 g/mol. The Bertz CT molecular complexity index is 958. The van der Waals surface area contributed by atoms with Crippen LogP contribution in [-0.2, 0) is 11.2 Å². The number of rotatable bonds is 5. The minimum Gasteiger partial charge on any atom is -0.497 e. The van der Waals surface area contributed by atoms with E-state index >= 15 is 0 Å². The number of aromatic nitrogens is 3. The van der Waals surface area contributed by atoms with Crippen molar-refractivity contribution in [3.05, 3.63) is 66.0 Å². The molecule has 2 unspecified atom stereocenters. The summed E-state index contributed by atoms with van der Waals surface area (Å²) in [5.41, 5.74) is 5.19. The zero-order valence-electron chi connectivity index (χ0n) is 15.6. The van der Waals surface area contributed by atoms with Crippen LogP contribution < -0.4 is 15.5 Å². The highest BCUT2D eigenvalue weighted by Gasteiger charge is 2.37. The zero-order valence-corrected chi connectivity index (χ0v) is 16.4. The normalized spacial score (nSPS) is 18.1. The van der Waals surface area contributed by atoms with Crippen LogP contribution in [-0.4, -0.2) is 33.1 Å². The molecule has 1 aliphatic rings. The number of hydrogen-bond acceptors (Lipinski definition) is 6. The second-order valence-corrected chi connectivity index (χ2v) is 7.47. The molecule has 2 N–H and O–H groups in total. The van der Waals surface area contributed by atoms with Gasteiger partial charge in [-0.15, -0.1) is 10.2 Å². The average Bonchev–Trinajstić information content (AvgIpc) is 3.15. The molecule has 0 saturated heterocycles. The van der Waals surface area contributed by atoms with E-state index in [1.807, 2.05) is 66.2 Å². The van der Waals surface area contributed by atoms with Crippen LogP contribution in [0.1, 0.15) is 24.4 Å². The van der Waals surface area contributed by atoms with Crippen LogP contribution in [0.3, 0.4) is 0 Å². The highest BCUT2D eigenvalue weighted by Crippen LogP contribution is 2.38. The summed E-state index contributed by atoms with van der Waals surface area (Å²) in [6.07, 6.45) is 0.747. The summed E-state index contributed by atoms with van der Waals surface area (Å²) in [7, 11) is 1.64. The van der Waals surface area contributed by atoms with Gasteiger partial charge in [-0.3, -0.25) is 4.79 Å². The van der Waals surface area contributed by atoms with Crippen LogP contribution in [0.5, 0.6) is 5.75 Å². The number of ether oxygens (including phenoxy) is 1. The average molecular weight is 395 g/mol. The number of amides is 1. The van der Waals surface area contributed by atoms with E-state index in [4.69, 9.17) is 4.74 Å². The van der Waals surface area contributed by atoms with Gasteiger partial charge in [-0.1, -0.05) is 49.0 Å². The number of aryl methyl sites for hydroxylation is 1. The van der Waals surface area contributed by atoms with E-state index in [1.165, 1.54) is 11.8 Å². The topological polar surface area (TPSA) is 81.1 Å². The Labute approximate surface area is 167 Å². The third kappa shape index (κ3) is 3.55. The van der Waals surface area contributed by atoms with Gasteiger partial charge in [0, 0.05) is 12.1 Å². The third-order valence-electron chi connectivity index (χ3n) is 4.59. The zero-order chi connectivity index (χ0) is 19.5. The van der Waals surface area contributed by atoms with Gasteiger partial charge in [0.15, 0.2) is 5.82 Å². The molecule has 0 bridgehead atoms. The number of benzene rings is 2. The highest BCUT2D eigenvalue weighted by atomic mass is 32.2. The lowest BCUT2D eigenvalue weighted by atomic mass is 10.0. The van der Waals surface area contributed by atoms with Crippen LogP contribution in [0.25, 0.3) is 0 Å². The fourth-order valence-corrected chi connectivity index (χ4v) is 4.22. The lowest BCUT2D eigenvalue weighted by Crippen LogP contribution is -2.41.